The van der Waals surface area contributed by atoms with Crippen molar-refractivity contribution in [3.05, 3.63) is 48.0 Å². The lowest BCUT2D eigenvalue weighted by atomic mass is 9.97. The molecule has 0 heterocycles. The topological polar surface area (TPSA) is 69.1 Å². The summed E-state index contributed by atoms with van der Waals surface area (Å²) in [7, 11) is 0. The highest BCUT2D eigenvalue weighted by Crippen LogP contribution is 2.27. The molecule has 2 aromatic rings. The van der Waals surface area contributed by atoms with Gasteiger partial charge in [-0.15, -0.1) is 0 Å². The van der Waals surface area contributed by atoms with E-state index in [1.54, 1.807) is 19.1 Å². The van der Waals surface area contributed by atoms with Gasteiger partial charge in [-0.25, -0.2) is 0 Å². The molecular formula is C14H14N2O. The summed E-state index contributed by atoms with van der Waals surface area (Å²) in [5.41, 5.74) is 15.2. The molecule has 3 nitrogen and oxygen atoms in total. The summed E-state index contributed by atoms with van der Waals surface area (Å²) in [5.74, 6) is 0.0248. The second-order valence-corrected chi connectivity index (χ2v) is 3.98. The van der Waals surface area contributed by atoms with E-state index in [9.17, 15) is 4.79 Å². The zero-order valence-electron chi connectivity index (χ0n) is 9.60. The van der Waals surface area contributed by atoms with Crippen LogP contribution in [0.3, 0.4) is 0 Å². The predicted octanol–water partition coefficient (Wildman–Crippen LogP) is 2.72. The second kappa shape index (κ2) is 4.29. The van der Waals surface area contributed by atoms with E-state index >= 15 is 0 Å². The van der Waals surface area contributed by atoms with Crippen molar-refractivity contribution in [2.45, 2.75) is 6.92 Å². The molecule has 0 bridgehead atoms. The molecular weight excluding hydrogens is 212 g/mol. The maximum absolute atomic E-state index is 11.6. The third-order valence-electron chi connectivity index (χ3n) is 2.64. The molecule has 4 N–H and O–H groups in total. The smallest absolute Gasteiger partial charge is 0.160 e. The van der Waals surface area contributed by atoms with Crippen molar-refractivity contribution in [1.29, 1.82) is 0 Å². The lowest BCUT2D eigenvalue weighted by molar-refractivity contribution is 0.101. The Morgan fingerprint density at radius 2 is 1.53 bits per heavy atom. The van der Waals surface area contributed by atoms with Crippen molar-refractivity contribution in [2.24, 2.45) is 0 Å². The zero-order valence-corrected chi connectivity index (χ0v) is 9.60. The van der Waals surface area contributed by atoms with E-state index in [1.807, 2.05) is 30.3 Å². The highest BCUT2D eigenvalue weighted by Gasteiger charge is 2.09. The molecule has 0 fully saturated rings. The predicted molar refractivity (Wildman–Crippen MR) is 70.7 cm³/mol. The number of nitrogens with two attached hydrogens (primary N) is 2. The SMILES string of the molecule is CC(=O)c1ccc(N)cc1-c1ccc(N)cc1. The van der Waals surface area contributed by atoms with Gasteiger partial charge in [0.15, 0.2) is 5.78 Å². The van der Waals surface area contributed by atoms with Gasteiger partial charge in [-0.2, -0.15) is 0 Å². The number of carbonyl (C=O) groups excluding carboxylic acids is 1. The van der Waals surface area contributed by atoms with Gasteiger partial charge < -0.3 is 11.5 Å². The van der Waals surface area contributed by atoms with Gasteiger partial charge in [0, 0.05) is 16.9 Å². The van der Waals surface area contributed by atoms with Crippen LogP contribution in [0.4, 0.5) is 11.4 Å². The van der Waals surface area contributed by atoms with Crippen LogP contribution in [0.1, 0.15) is 17.3 Å². The Balaban J connectivity index is 2.60. The van der Waals surface area contributed by atoms with Gasteiger partial charge in [0.1, 0.15) is 0 Å². The van der Waals surface area contributed by atoms with Crippen LogP contribution in [-0.4, -0.2) is 5.78 Å². The Morgan fingerprint density at radius 3 is 2.12 bits per heavy atom. The Morgan fingerprint density at radius 1 is 0.941 bits per heavy atom. The van der Waals surface area contributed by atoms with Gasteiger partial charge >= 0.3 is 0 Å². The summed E-state index contributed by atoms with van der Waals surface area (Å²) in [6.45, 7) is 1.55. The van der Waals surface area contributed by atoms with Crippen LogP contribution < -0.4 is 11.5 Å². The van der Waals surface area contributed by atoms with E-state index in [2.05, 4.69) is 0 Å². The number of nitrogen functional groups attached to an aromatic ring is 2. The molecule has 3 heteroatoms. The number of rotatable bonds is 2. The molecule has 0 saturated carbocycles. The monoisotopic (exact) mass is 226 g/mol. The van der Waals surface area contributed by atoms with Gasteiger partial charge in [0.25, 0.3) is 0 Å². The van der Waals surface area contributed by atoms with Gasteiger partial charge in [-0.3, -0.25) is 4.79 Å². The molecule has 2 aromatic carbocycles. The van der Waals surface area contributed by atoms with Crippen molar-refractivity contribution in [1.82, 2.24) is 0 Å². The molecule has 0 spiro atoms. The Bertz CT molecular complexity index is 559. The molecule has 0 amide bonds. The fourth-order valence-corrected chi connectivity index (χ4v) is 1.77. The van der Waals surface area contributed by atoms with E-state index in [0.29, 0.717) is 16.9 Å². The molecule has 0 aliphatic carbocycles. The van der Waals surface area contributed by atoms with Crippen LogP contribution in [0.5, 0.6) is 0 Å². The highest BCUT2D eigenvalue weighted by molar-refractivity contribution is 6.01. The minimum atomic E-state index is 0.0248. The van der Waals surface area contributed by atoms with E-state index in [1.165, 1.54) is 0 Å². The van der Waals surface area contributed by atoms with Gasteiger partial charge in [-0.05, 0) is 48.4 Å². The average molecular weight is 226 g/mol. The van der Waals surface area contributed by atoms with Gasteiger partial charge in [0.2, 0.25) is 0 Å². The summed E-state index contributed by atoms with van der Waals surface area (Å²) in [6, 6.07) is 12.7. The largest absolute Gasteiger partial charge is 0.399 e. The van der Waals surface area contributed by atoms with Crippen molar-refractivity contribution >= 4 is 17.2 Å². The molecule has 0 radical (unpaired) electrons. The lowest BCUT2D eigenvalue weighted by Crippen LogP contribution is -1.98. The first-order chi connectivity index (χ1) is 8.08. The number of carbonyl (C=O) groups is 1. The van der Waals surface area contributed by atoms with Gasteiger partial charge in [0.05, 0.1) is 0 Å². The van der Waals surface area contributed by atoms with Crippen LogP contribution in [0, 0.1) is 0 Å². The molecule has 0 atom stereocenters. The Kier molecular flexibility index (Phi) is 2.83. The molecule has 0 aliphatic rings. The Labute approximate surface area is 100 Å². The number of hydrogen-bond acceptors (Lipinski definition) is 3. The minimum Gasteiger partial charge on any atom is -0.399 e. The van der Waals surface area contributed by atoms with Crippen LogP contribution in [0.25, 0.3) is 11.1 Å². The second-order valence-electron chi connectivity index (χ2n) is 3.98. The third-order valence-corrected chi connectivity index (χ3v) is 2.64. The summed E-state index contributed by atoms with van der Waals surface area (Å²) in [4.78, 5) is 11.6. The Hall–Kier alpha value is -2.29. The van der Waals surface area contributed by atoms with Crippen molar-refractivity contribution in [3.63, 3.8) is 0 Å². The minimum absolute atomic E-state index is 0.0248. The highest BCUT2D eigenvalue weighted by atomic mass is 16.1. The van der Waals surface area contributed by atoms with E-state index in [0.717, 1.165) is 11.1 Å². The van der Waals surface area contributed by atoms with E-state index < -0.39 is 0 Å². The summed E-state index contributed by atoms with van der Waals surface area (Å²) in [6.07, 6.45) is 0. The van der Waals surface area contributed by atoms with Crippen LogP contribution >= 0.6 is 0 Å². The fourth-order valence-electron chi connectivity index (χ4n) is 1.77. The zero-order chi connectivity index (χ0) is 12.4. The van der Waals surface area contributed by atoms with E-state index in [-0.39, 0.29) is 5.78 Å². The maximum Gasteiger partial charge on any atom is 0.160 e. The van der Waals surface area contributed by atoms with Crippen LogP contribution in [0.15, 0.2) is 42.5 Å². The maximum atomic E-state index is 11.6. The quantitative estimate of drug-likeness (QED) is 0.611. The number of Topliss-reactive ketones (excluding diaryl/α,β-unsaturated/α-hetero) is 1. The molecule has 86 valence electrons. The van der Waals surface area contributed by atoms with Gasteiger partial charge in [-0.1, -0.05) is 12.1 Å². The lowest BCUT2D eigenvalue weighted by Gasteiger charge is -2.08. The first-order valence-corrected chi connectivity index (χ1v) is 5.34. The number of benzene rings is 2. The fraction of sp³-hybridized carbons (Fsp3) is 0.0714. The summed E-state index contributed by atoms with van der Waals surface area (Å²) < 4.78 is 0. The molecule has 0 saturated heterocycles. The summed E-state index contributed by atoms with van der Waals surface area (Å²) in [5, 5.41) is 0. The summed E-state index contributed by atoms with van der Waals surface area (Å²) >= 11 is 0. The molecule has 0 aliphatic heterocycles. The standard InChI is InChI=1S/C14H14N2O/c1-9(17)13-7-6-12(16)8-14(13)10-2-4-11(15)5-3-10/h2-8H,15-16H2,1H3. The number of hydrogen-bond donors (Lipinski definition) is 2. The molecule has 17 heavy (non-hydrogen) atoms. The van der Waals surface area contributed by atoms with Crippen LogP contribution in [0.2, 0.25) is 0 Å². The number of ketones is 1. The van der Waals surface area contributed by atoms with Crippen molar-refractivity contribution < 1.29 is 4.79 Å². The molecule has 2 rings (SSSR count). The third kappa shape index (κ3) is 2.28. The van der Waals surface area contributed by atoms with Crippen LogP contribution in [-0.2, 0) is 0 Å². The van der Waals surface area contributed by atoms with Crippen molar-refractivity contribution in [3.8, 4) is 11.1 Å². The number of anilines is 2. The first kappa shape index (κ1) is 11.2. The molecule has 0 aromatic heterocycles. The first-order valence-electron chi connectivity index (χ1n) is 5.34. The average Bonchev–Trinajstić information content (AvgIpc) is 2.29. The van der Waals surface area contributed by atoms with Crippen molar-refractivity contribution in [2.75, 3.05) is 11.5 Å². The normalized spacial score (nSPS) is 10.2. The van der Waals surface area contributed by atoms with E-state index in [4.69, 9.17) is 11.5 Å². The molecule has 0 unspecified atom stereocenters.